The van der Waals surface area contributed by atoms with Gasteiger partial charge >= 0.3 is 0 Å². The van der Waals surface area contributed by atoms with E-state index in [9.17, 15) is 4.79 Å². The molecule has 0 spiro atoms. The van der Waals surface area contributed by atoms with Gasteiger partial charge in [0, 0.05) is 31.6 Å². The molecule has 4 rings (SSSR count). The SMILES string of the molecule is CNC(=O)c1cc(Oc2ccc3nc(NCc4ccccn4)oc3c2)ccn1. The molecule has 0 aliphatic rings. The highest BCUT2D eigenvalue weighted by Crippen LogP contribution is 2.27. The maximum absolute atomic E-state index is 11.7. The van der Waals surface area contributed by atoms with Crippen molar-refractivity contribution >= 4 is 23.0 Å². The number of carbonyl (C=O) groups is 1. The number of aromatic nitrogens is 3. The van der Waals surface area contributed by atoms with Crippen LogP contribution in [0.25, 0.3) is 11.1 Å². The number of pyridine rings is 2. The highest BCUT2D eigenvalue weighted by atomic mass is 16.5. The first kappa shape index (κ1) is 17.5. The fourth-order valence-electron chi connectivity index (χ4n) is 2.58. The summed E-state index contributed by atoms with van der Waals surface area (Å²) in [5, 5.41) is 5.64. The predicted octanol–water partition coefficient (Wildman–Crippen LogP) is 3.38. The van der Waals surface area contributed by atoms with Crippen LogP contribution in [0.5, 0.6) is 11.5 Å². The molecule has 0 saturated carbocycles. The molecule has 4 aromatic rings. The van der Waals surface area contributed by atoms with Crippen LogP contribution in [0.2, 0.25) is 0 Å². The lowest BCUT2D eigenvalue weighted by atomic mass is 10.3. The van der Waals surface area contributed by atoms with Gasteiger partial charge in [-0.15, -0.1) is 0 Å². The van der Waals surface area contributed by atoms with Gasteiger partial charge < -0.3 is 19.8 Å². The first-order chi connectivity index (χ1) is 13.7. The van der Waals surface area contributed by atoms with Crippen LogP contribution in [0.4, 0.5) is 6.01 Å². The quantitative estimate of drug-likeness (QED) is 0.532. The standard InChI is InChI=1S/C20H17N5O3/c1-21-19(26)17-10-15(7-9-23-17)27-14-5-6-16-18(11-14)28-20(25-16)24-12-13-4-2-3-8-22-13/h2-11H,12H2,1H3,(H,21,26)(H,24,25). The van der Waals surface area contributed by atoms with Crippen molar-refractivity contribution < 1.29 is 13.9 Å². The molecule has 0 radical (unpaired) electrons. The molecule has 0 aliphatic carbocycles. The van der Waals surface area contributed by atoms with Gasteiger partial charge in [-0.3, -0.25) is 14.8 Å². The van der Waals surface area contributed by atoms with E-state index in [0.29, 0.717) is 35.2 Å². The summed E-state index contributed by atoms with van der Waals surface area (Å²) in [4.78, 5) is 24.4. The van der Waals surface area contributed by atoms with Crippen molar-refractivity contribution in [1.29, 1.82) is 0 Å². The molecular formula is C20H17N5O3. The zero-order valence-corrected chi connectivity index (χ0v) is 15.0. The molecule has 0 saturated heterocycles. The summed E-state index contributed by atoms with van der Waals surface area (Å²) in [6.45, 7) is 0.510. The first-order valence-electron chi connectivity index (χ1n) is 8.61. The number of amides is 1. The fraction of sp³-hybridized carbons (Fsp3) is 0.100. The van der Waals surface area contributed by atoms with Crippen molar-refractivity contribution in [2.75, 3.05) is 12.4 Å². The highest BCUT2D eigenvalue weighted by molar-refractivity contribution is 5.92. The van der Waals surface area contributed by atoms with Gasteiger partial charge in [-0.05, 0) is 30.3 Å². The summed E-state index contributed by atoms with van der Waals surface area (Å²) >= 11 is 0. The number of rotatable bonds is 6. The average molecular weight is 375 g/mol. The smallest absolute Gasteiger partial charge is 0.296 e. The van der Waals surface area contributed by atoms with Crippen LogP contribution >= 0.6 is 0 Å². The second kappa shape index (κ2) is 7.75. The van der Waals surface area contributed by atoms with Gasteiger partial charge in [-0.25, -0.2) is 0 Å². The lowest BCUT2D eigenvalue weighted by Crippen LogP contribution is -2.18. The van der Waals surface area contributed by atoms with Gasteiger partial charge in [0.15, 0.2) is 5.58 Å². The number of benzene rings is 1. The van der Waals surface area contributed by atoms with E-state index < -0.39 is 0 Å². The van der Waals surface area contributed by atoms with Crippen molar-refractivity contribution in [1.82, 2.24) is 20.3 Å². The van der Waals surface area contributed by atoms with E-state index in [4.69, 9.17) is 9.15 Å². The molecule has 3 heterocycles. The Morgan fingerprint density at radius 1 is 1.07 bits per heavy atom. The number of anilines is 1. The average Bonchev–Trinajstić information content (AvgIpc) is 3.15. The van der Waals surface area contributed by atoms with Crippen LogP contribution in [0, 0.1) is 0 Å². The lowest BCUT2D eigenvalue weighted by Gasteiger charge is -2.06. The van der Waals surface area contributed by atoms with Crippen LogP contribution in [0.1, 0.15) is 16.2 Å². The van der Waals surface area contributed by atoms with Crippen molar-refractivity contribution in [3.63, 3.8) is 0 Å². The number of oxazole rings is 1. The monoisotopic (exact) mass is 375 g/mol. The Hall–Kier alpha value is -3.94. The Morgan fingerprint density at radius 3 is 2.79 bits per heavy atom. The topological polar surface area (TPSA) is 102 Å². The molecule has 2 N–H and O–H groups in total. The number of nitrogens with one attached hydrogen (secondary N) is 2. The number of carbonyl (C=O) groups excluding carboxylic acids is 1. The summed E-state index contributed by atoms with van der Waals surface area (Å²) in [6.07, 6.45) is 3.26. The van der Waals surface area contributed by atoms with Crippen molar-refractivity contribution in [3.8, 4) is 11.5 Å². The lowest BCUT2D eigenvalue weighted by molar-refractivity contribution is 0.0958. The van der Waals surface area contributed by atoms with E-state index in [0.717, 1.165) is 5.69 Å². The number of fused-ring (bicyclic) bond motifs is 1. The zero-order chi connectivity index (χ0) is 19.3. The summed E-state index contributed by atoms with van der Waals surface area (Å²) in [7, 11) is 1.55. The Balaban J connectivity index is 1.49. The number of hydrogen-bond donors (Lipinski definition) is 2. The minimum Gasteiger partial charge on any atom is -0.457 e. The molecule has 8 heteroatoms. The van der Waals surface area contributed by atoms with Crippen LogP contribution in [0.15, 0.2) is 65.3 Å². The van der Waals surface area contributed by atoms with E-state index in [1.165, 1.54) is 6.20 Å². The Bertz CT molecular complexity index is 1110. The predicted molar refractivity (Wildman–Crippen MR) is 103 cm³/mol. The molecular weight excluding hydrogens is 358 g/mol. The zero-order valence-electron chi connectivity index (χ0n) is 15.0. The highest BCUT2D eigenvalue weighted by Gasteiger charge is 2.10. The van der Waals surface area contributed by atoms with Crippen LogP contribution in [0.3, 0.4) is 0 Å². The van der Waals surface area contributed by atoms with Crippen molar-refractivity contribution in [2.45, 2.75) is 6.54 Å². The molecule has 1 amide bonds. The number of ether oxygens (including phenoxy) is 1. The van der Waals surface area contributed by atoms with E-state index in [1.54, 1.807) is 43.6 Å². The van der Waals surface area contributed by atoms with E-state index >= 15 is 0 Å². The molecule has 28 heavy (non-hydrogen) atoms. The van der Waals surface area contributed by atoms with Crippen LogP contribution in [-0.2, 0) is 6.54 Å². The Kier molecular flexibility index (Phi) is 4.83. The maximum atomic E-state index is 11.7. The fourth-order valence-corrected chi connectivity index (χ4v) is 2.58. The third-order valence-corrected chi connectivity index (χ3v) is 3.93. The first-order valence-corrected chi connectivity index (χ1v) is 8.61. The minimum absolute atomic E-state index is 0.278. The molecule has 0 fully saturated rings. The van der Waals surface area contributed by atoms with Gasteiger partial charge in [0.05, 0.1) is 12.2 Å². The van der Waals surface area contributed by atoms with Crippen LogP contribution in [-0.4, -0.2) is 27.9 Å². The normalized spacial score (nSPS) is 10.6. The summed E-state index contributed by atoms with van der Waals surface area (Å²) < 4.78 is 11.6. The Morgan fingerprint density at radius 2 is 1.96 bits per heavy atom. The van der Waals surface area contributed by atoms with Gasteiger partial charge in [0.2, 0.25) is 0 Å². The second-order valence-electron chi connectivity index (χ2n) is 5.88. The van der Waals surface area contributed by atoms with Gasteiger partial charge in [-0.2, -0.15) is 4.98 Å². The molecule has 1 aromatic carbocycles. The summed E-state index contributed by atoms with van der Waals surface area (Å²) in [5.41, 5.74) is 2.46. The van der Waals surface area contributed by atoms with Crippen molar-refractivity contribution in [2.24, 2.45) is 0 Å². The molecule has 0 aliphatic heterocycles. The van der Waals surface area contributed by atoms with Gasteiger partial charge in [0.1, 0.15) is 22.7 Å². The van der Waals surface area contributed by atoms with Crippen molar-refractivity contribution in [3.05, 3.63) is 72.3 Å². The minimum atomic E-state index is -0.278. The van der Waals surface area contributed by atoms with E-state index in [1.807, 2.05) is 18.2 Å². The van der Waals surface area contributed by atoms with Crippen LogP contribution < -0.4 is 15.4 Å². The molecule has 0 atom stereocenters. The maximum Gasteiger partial charge on any atom is 0.296 e. The molecule has 3 aromatic heterocycles. The summed E-state index contributed by atoms with van der Waals surface area (Å²) in [5.74, 6) is 0.787. The number of nitrogens with zero attached hydrogens (tertiary/aromatic N) is 3. The van der Waals surface area contributed by atoms with E-state index in [-0.39, 0.29) is 11.6 Å². The number of hydrogen-bond acceptors (Lipinski definition) is 7. The Labute approximate surface area is 160 Å². The second-order valence-corrected chi connectivity index (χ2v) is 5.88. The molecule has 0 bridgehead atoms. The molecule has 8 nitrogen and oxygen atoms in total. The van der Waals surface area contributed by atoms with E-state index in [2.05, 4.69) is 25.6 Å². The largest absolute Gasteiger partial charge is 0.457 e. The summed E-state index contributed by atoms with van der Waals surface area (Å²) in [6, 6.07) is 14.7. The van der Waals surface area contributed by atoms with Gasteiger partial charge in [-0.1, -0.05) is 6.07 Å². The molecule has 140 valence electrons. The molecule has 0 unspecified atom stereocenters. The third kappa shape index (κ3) is 3.90. The third-order valence-electron chi connectivity index (χ3n) is 3.93. The van der Waals surface area contributed by atoms with Gasteiger partial charge in [0.25, 0.3) is 11.9 Å².